The smallest absolute Gasteiger partial charge is 0.271 e. The van der Waals surface area contributed by atoms with Gasteiger partial charge >= 0.3 is 0 Å². The highest BCUT2D eigenvalue weighted by Gasteiger charge is 2.33. The summed E-state index contributed by atoms with van der Waals surface area (Å²) in [6, 6.07) is 5.90. The van der Waals surface area contributed by atoms with Crippen molar-refractivity contribution in [1.29, 1.82) is 0 Å². The molecule has 1 saturated heterocycles. The van der Waals surface area contributed by atoms with Crippen LogP contribution in [0.4, 0.5) is 5.69 Å². The average molecular weight is 506 g/mol. The minimum absolute atomic E-state index is 0.000618. The van der Waals surface area contributed by atoms with Gasteiger partial charge in [-0.25, -0.2) is 14.5 Å². The normalized spacial score (nSPS) is 23.4. The van der Waals surface area contributed by atoms with E-state index >= 15 is 0 Å². The second-order valence-corrected chi connectivity index (χ2v) is 9.60. The number of nitrogens with one attached hydrogen (secondary N) is 2. The Bertz CT molecular complexity index is 1450. The van der Waals surface area contributed by atoms with Crippen LogP contribution in [0.2, 0.25) is 0 Å². The fraction of sp³-hybridized carbons (Fsp3) is 0.462. The molecule has 0 bridgehead atoms. The Kier molecular flexibility index (Phi) is 6.27. The monoisotopic (exact) mass is 505 g/mol. The lowest BCUT2D eigenvalue weighted by atomic mass is 9.82. The van der Waals surface area contributed by atoms with Crippen LogP contribution in [-0.4, -0.2) is 83.3 Å². The molecule has 4 atom stereocenters. The lowest BCUT2D eigenvalue weighted by molar-refractivity contribution is -0.0147. The molecule has 2 unspecified atom stereocenters. The van der Waals surface area contributed by atoms with Gasteiger partial charge in [-0.2, -0.15) is 5.10 Å². The van der Waals surface area contributed by atoms with Crippen molar-refractivity contribution in [3.8, 4) is 11.3 Å². The quantitative estimate of drug-likeness (QED) is 0.375. The van der Waals surface area contributed by atoms with Crippen molar-refractivity contribution in [1.82, 2.24) is 29.5 Å². The Morgan fingerprint density at radius 3 is 2.78 bits per heavy atom. The average Bonchev–Trinajstić information content (AvgIpc) is 3.64. The van der Waals surface area contributed by atoms with Gasteiger partial charge in [0.05, 0.1) is 42.9 Å². The van der Waals surface area contributed by atoms with Gasteiger partial charge in [0.1, 0.15) is 11.8 Å². The standard InChI is InChI=1S/C26H31N7O4/c1-27-19-9-18(17-12-32(21-13-37-14-23(21)36-3)24-16(17)5-4-8-28-24)31-33-20(11-29-25(19)33)26(34)30-10-15-6-7-22(15)35-2/h4-5,8-9,11-12,15,21-23,27H,6-7,10,13-14H2,1-3H3,(H,30,34)/t15?,21-,22+,23?/m1/s1. The number of fused-ring (bicyclic) bond motifs is 2. The first-order valence-corrected chi connectivity index (χ1v) is 12.6. The van der Waals surface area contributed by atoms with Crippen LogP contribution in [0, 0.1) is 5.92 Å². The number of carbonyl (C=O) groups is 1. The minimum Gasteiger partial charge on any atom is -0.385 e. The molecule has 2 aliphatic rings. The highest BCUT2D eigenvalue weighted by molar-refractivity contribution is 5.96. The number of hydrogen-bond acceptors (Lipinski definition) is 8. The zero-order valence-electron chi connectivity index (χ0n) is 21.2. The fourth-order valence-electron chi connectivity index (χ4n) is 5.38. The van der Waals surface area contributed by atoms with Gasteiger partial charge in [0.2, 0.25) is 0 Å². The second-order valence-electron chi connectivity index (χ2n) is 9.60. The zero-order valence-corrected chi connectivity index (χ0v) is 21.2. The van der Waals surface area contributed by atoms with E-state index in [4.69, 9.17) is 19.3 Å². The highest BCUT2D eigenvalue weighted by atomic mass is 16.5. The van der Waals surface area contributed by atoms with E-state index in [0.29, 0.717) is 42.7 Å². The van der Waals surface area contributed by atoms with E-state index in [9.17, 15) is 4.79 Å². The topological polar surface area (TPSA) is 117 Å². The van der Waals surface area contributed by atoms with E-state index in [1.54, 1.807) is 31.1 Å². The van der Waals surface area contributed by atoms with E-state index < -0.39 is 0 Å². The predicted molar refractivity (Wildman–Crippen MR) is 138 cm³/mol. The second kappa shape index (κ2) is 9.73. The van der Waals surface area contributed by atoms with E-state index in [2.05, 4.69) is 31.4 Å². The van der Waals surface area contributed by atoms with Crippen molar-refractivity contribution in [3.05, 3.63) is 42.5 Å². The number of nitrogens with zero attached hydrogens (tertiary/aromatic N) is 5. The molecule has 37 heavy (non-hydrogen) atoms. The summed E-state index contributed by atoms with van der Waals surface area (Å²) in [5, 5.41) is 12.1. The molecule has 1 aliphatic heterocycles. The molecular weight excluding hydrogens is 474 g/mol. The number of methoxy groups -OCH3 is 2. The van der Waals surface area contributed by atoms with Crippen molar-refractivity contribution in [3.63, 3.8) is 0 Å². The molecule has 5 heterocycles. The summed E-state index contributed by atoms with van der Waals surface area (Å²) in [5.41, 5.74) is 4.17. The lowest BCUT2D eigenvalue weighted by Gasteiger charge is -2.35. The maximum Gasteiger partial charge on any atom is 0.271 e. The molecule has 0 aromatic carbocycles. The number of anilines is 1. The largest absolute Gasteiger partial charge is 0.385 e. The van der Waals surface area contributed by atoms with E-state index in [-0.39, 0.29) is 24.2 Å². The van der Waals surface area contributed by atoms with Crippen molar-refractivity contribution < 1.29 is 19.0 Å². The van der Waals surface area contributed by atoms with Gasteiger partial charge < -0.3 is 29.4 Å². The van der Waals surface area contributed by atoms with Gasteiger partial charge in [0.15, 0.2) is 11.3 Å². The van der Waals surface area contributed by atoms with E-state index in [0.717, 1.165) is 35.1 Å². The molecule has 1 amide bonds. The molecule has 2 fully saturated rings. The van der Waals surface area contributed by atoms with Gasteiger partial charge in [-0.05, 0) is 31.0 Å². The summed E-state index contributed by atoms with van der Waals surface area (Å²) in [5.74, 6) is 0.120. The number of ether oxygens (including phenoxy) is 3. The van der Waals surface area contributed by atoms with Gasteiger partial charge in [-0.1, -0.05) is 0 Å². The van der Waals surface area contributed by atoms with Crippen LogP contribution in [-0.2, 0) is 14.2 Å². The van der Waals surface area contributed by atoms with Gasteiger partial charge in [-0.3, -0.25) is 4.79 Å². The summed E-state index contributed by atoms with van der Waals surface area (Å²) in [7, 11) is 5.25. The highest BCUT2D eigenvalue weighted by Crippen LogP contribution is 2.35. The van der Waals surface area contributed by atoms with Gasteiger partial charge in [0.25, 0.3) is 5.91 Å². The molecule has 4 aromatic rings. The summed E-state index contributed by atoms with van der Waals surface area (Å²) in [4.78, 5) is 22.3. The van der Waals surface area contributed by atoms with E-state index in [1.807, 2.05) is 25.2 Å². The van der Waals surface area contributed by atoms with Gasteiger partial charge in [-0.15, -0.1) is 0 Å². The molecule has 0 radical (unpaired) electrons. The first-order chi connectivity index (χ1) is 18.1. The van der Waals surface area contributed by atoms with Crippen molar-refractivity contribution >= 4 is 28.3 Å². The number of imidazole rings is 1. The number of carbonyl (C=O) groups excluding carboxylic acids is 1. The summed E-state index contributed by atoms with van der Waals surface area (Å²) in [6.45, 7) is 1.65. The van der Waals surface area contributed by atoms with Crippen LogP contribution in [0.5, 0.6) is 0 Å². The molecule has 194 valence electrons. The van der Waals surface area contributed by atoms with Crippen LogP contribution in [0.15, 0.2) is 36.8 Å². The minimum atomic E-state index is -0.212. The van der Waals surface area contributed by atoms with Crippen LogP contribution >= 0.6 is 0 Å². The van der Waals surface area contributed by atoms with E-state index in [1.165, 1.54) is 0 Å². The molecule has 6 rings (SSSR count). The molecule has 11 heteroatoms. The molecule has 1 saturated carbocycles. The third kappa shape index (κ3) is 4.03. The Morgan fingerprint density at radius 2 is 2.03 bits per heavy atom. The molecule has 2 N–H and O–H groups in total. The molecule has 1 aliphatic carbocycles. The predicted octanol–water partition coefficient (Wildman–Crippen LogP) is 2.53. The SMILES string of the molecule is CNc1cc(-c2cn([C@@H]3COCC3OC)c3ncccc23)nn2c(C(=O)NCC3CC[C@@H]3OC)cnc12. The zero-order chi connectivity index (χ0) is 25.5. The van der Waals surface area contributed by atoms with Gasteiger partial charge in [0, 0.05) is 57.1 Å². The van der Waals surface area contributed by atoms with Crippen LogP contribution in [0.25, 0.3) is 27.9 Å². The van der Waals surface area contributed by atoms with Crippen molar-refractivity contribution in [2.45, 2.75) is 31.1 Å². The maximum atomic E-state index is 13.2. The fourth-order valence-corrected chi connectivity index (χ4v) is 5.38. The number of amides is 1. The lowest BCUT2D eigenvalue weighted by Crippen LogP contribution is -2.42. The number of pyridine rings is 1. The molecule has 4 aromatic heterocycles. The molecule has 0 spiro atoms. The summed E-state index contributed by atoms with van der Waals surface area (Å²) < 4.78 is 20.6. The Labute approximate surface area is 214 Å². The Morgan fingerprint density at radius 1 is 1.16 bits per heavy atom. The van der Waals surface area contributed by atoms with Crippen LogP contribution in [0.1, 0.15) is 29.4 Å². The van der Waals surface area contributed by atoms with Crippen LogP contribution in [0.3, 0.4) is 0 Å². The van der Waals surface area contributed by atoms with Crippen molar-refractivity contribution in [2.24, 2.45) is 5.92 Å². The van der Waals surface area contributed by atoms with Crippen molar-refractivity contribution in [2.75, 3.05) is 46.3 Å². The Balaban J connectivity index is 1.40. The third-order valence-corrected chi connectivity index (χ3v) is 7.67. The number of hydrogen-bond donors (Lipinski definition) is 2. The maximum absolute atomic E-state index is 13.2. The summed E-state index contributed by atoms with van der Waals surface area (Å²) >= 11 is 0. The third-order valence-electron chi connectivity index (χ3n) is 7.67. The number of rotatable bonds is 8. The van der Waals surface area contributed by atoms with Crippen LogP contribution < -0.4 is 10.6 Å². The molecule has 11 nitrogen and oxygen atoms in total. The number of aromatic nitrogens is 5. The summed E-state index contributed by atoms with van der Waals surface area (Å²) in [6.07, 6.45) is 7.62. The first kappa shape index (κ1) is 23.8. The first-order valence-electron chi connectivity index (χ1n) is 12.6. The molecular formula is C26H31N7O4. The Hall–Kier alpha value is -3.54.